The smallest absolute Gasteiger partial charge is 0.321 e. The van der Waals surface area contributed by atoms with Crippen LogP contribution >= 0.6 is 23.1 Å². The molecule has 0 aliphatic carbocycles. The number of anilines is 1. The summed E-state index contributed by atoms with van der Waals surface area (Å²) >= 11 is 2.91. The molecule has 32 heavy (non-hydrogen) atoms. The number of nitrogens with zero attached hydrogens (tertiary/aromatic N) is 4. The average Bonchev–Trinajstić information content (AvgIpc) is 3.54. The van der Waals surface area contributed by atoms with Crippen LogP contribution in [-0.2, 0) is 11.2 Å². The molecular formula is C22H26N6O2S2. The number of rotatable bonds is 8. The number of thioether (sulfide) groups is 1. The number of benzene rings is 1. The SMILES string of the molecule is Cc1ccc(-n2c(SCC(=O)NC(=O)NCCc3cccs3)nnc2N2CCCC2)cc1. The van der Waals surface area contributed by atoms with E-state index < -0.39 is 6.03 Å². The Kier molecular flexibility index (Phi) is 7.43. The first-order valence-corrected chi connectivity index (χ1v) is 12.5. The van der Waals surface area contributed by atoms with Crippen molar-refractivity contribution >= 4 is 41.0 Å². The van der Waals surface area contributed by atoms with Crippen molar-refractivity contribution in [1.29, 1.82) is 0 Å². The van der Waals surface area contributed by atoms with Crippen LogP contribution in [0.2, 0.25) is 0 Å². The molecule has 0 spiro atoms. The van der Waals surface area contributed by atoms with Crippen molar-refractivity contribution in [2.24, 2.45) is 0 Å². The molecule has 0 saturated carbocycles. The summed E-state index contributed by atoms with van der Waals surface area (Å²) in [4.78, 5) is 27.7. The van der Waals surface area contributed by atoms with E-state index in [4.69, 9.17) is 0 Å². The minimum absolute atomic E-state index is 0.0718. The van der Waals surface area contributed by atoms with Crippen LogP contribution in [0.25, 0.3) is 5.69 Å². The summed E-state index contributed by atoms with van der Waals surface area (Å²) in [6, 6.07) is 11.7. The van der Waals surface area contributed by atoms with Crippen LogP contribution < -0.4 is 15.5 Å². The lowest BCUT2D eigenvalue weighted by Crippen LogP contribution is -2.41. The molecule has 1 aliphatic heterocycles. The molecule has 2 aromatic heterocycles. The standard InChI is InChI=1S/C22H26N6O2S2/c1-16-6-8-17(9-7-16)28-21(27-12-2-3-13-27)25-26-22(28)32-15-19(29)24-20(30)23-11-10-18-5-4-14-31-18/h4-9,14H,2-3,10-13,15H2,1H3,(H2,23,24,29,30). The Bertz CT molecular complexity index is 1040. The van der Waals surface area contributed by atoms with Crippen molar-refractivity contribution in [2.75, 3.05) is 30.3 Å². The quantitative estimate of drug-likeness (QED) is 0.490. The van der Waals surface area contributed by atoms with E-state index in [1.54, 1.807) is 11.3 Å². The summed E-state index contributed by atoms with van der Waals surface area (Å²) in [5.41, 5.74) is 2.12. The maximum atomic E-state index is 12.3. The normalized spacial score (nSPS) is 13.3. The van der Waals surface area contributed by atoms with Crippen LogP contribution in [0.1, 0.15) is 23.3 Å². The Hall–Kier alpha value is -2.85. The van der Waals surface area contributed by atoms with Crippen molar-refractivity contribution in [1.82, 2.24) is 25.4 Å². The van der Waals surface area contributed by atoms with E-state index in [-0.39, 0.29) is 11.7 Å². The number of imide groups is 1. The number of aromatic nitrogens is 3. The lowest BCUT2D eigenvalue weighted by atomic mass is 10.2. The van der Waals surface area contributed by atoms with Crippen molar-refractivity contribution in [3.63, 3.8) is 0 Å². The third-order valence-corrected chi connectivity index (χ3v) is 6.98. The first kappa shape index (κ1) is 22.3. The van der Waals surface area contributed by atoms with E-state index in [1.165, 1.54) is 22.2 Å². The minimum Gasteiger partial charge on any atom is -0.341 e. The Labute approximate surface area is 195 Å². The van der Waals surface area contributed by atoms with Gasteiger partial charge in [0.25, 0.3) is 0 Å². The van der Waals surface area contributed by atoms with E-state index in [9.17, 15) is 9.59 Å². The number of thiophene rings is 1. The molecule has 3 aromatic rings. The molecule has 1 aliphatic rings. The molecule has 8 nitrogen and oxygen atoms in total. The molecule has 4 rings (SSSR count). The zero-order chi connectivity index (χ0) is 22.3. The zero-order valence-electron chi connectivity index (χ0n) is 17.9. The van der Waals surface area contributed by atoms with Gasteiger partial charge in [-0.15, -0.1) is 21.5 Å². The number of nitrogens with one attached hydrogen (secondary N) is 2. The lowest BCUT2D eigenvalue weighted by molar-refractivity contribution is -0.117. The van der Waals surface area contributed by atoms with E-state index in [0.717, 1.165) is 44.0 Å². The van der Waals surface area contributed by atoms with Gasteiger partial charge in [-0.1, -0.05) is 35.5 Å². The molecule has 168 valence electrons. The number of urea groups is 1. The lowest BCUT2D eigenvalue weighted by Gasteiger charge is -2.18. The van der Waals surface area contributed by atoms with Crippen molar-refractivity contribution in [2.45, 2.75) is 31.3 Å². The molecule has 0 bridgehead atoms. The van der Waals surface area contributed by atoms with Gasteiger partial charge in [0.15, 0.2) is 5.16 Å². The highest BCUT2D eigenvalue weighted by Gasteiger charge is 2.23. The van der Waals surface area contributed by atoms with Crippen LogP contribution in [0.15, 0.2) is 46.9 Å². The minimum atomic E-state index is -0.482. The molecule has 3 heterocycles. The van der Waals surface area contributed by atoms with Crippen LogP contribution in [0.5, 0.6) is 0 Å². The fourth-order valence-corrected chi connectivity index (χ4v) is 4.94. The van der Waals surface area contributed by atoms with Gasteiger partial charge in [-0.3, -0.25) is 14.7 Å². The predicted molar refractivity (Wildman–Crippen MR) is 128 cm³/mol. The van der Waals surface area contributed by atoms with Crippen molar-refractivity contribution in [3.05, 3.63) is 52.2 Å². The van der Waals surface area contributed by atoms with Gasteiger partial charge in [0.05, 0.1) is 11.4 Å². The number of carbonyl (C=O) groups is 2. The summed E-state index contributed by atoms with van der Waals surface area (Å²) in [6.07, 6.45) is 3.01. The molecular weight excluding hydrogens is 444 g/mol. The van der Waals surface area contributed by atoms with Gasteiger partial charge in [0, 0.05) is 24.5 Å². The van der Waals surface area contributed by atoms with Crippen LogP contribution in [0, 0.1) is 6.92 Å². The van der Waals surface area contributed by atoms with Gasteiger partial charge < -0.3 is 10.2 Å². The summed E-state index contributed by atoms with van der Waals surface area (Å²) in [5, 5.41) is 16.5. The number of carbonyl (C=O) groups excluding carboxylic acids is 2. The Balaban J connectivity index is 1.36. The largest absolute Gasteiger partial charge is 0.341 e. The second-order valence-corrected chi connectivity index (χ2v) is 9.54. The molecule has 2 N–H and O–H groups in total. The van der Waals surface area contributed by atoms with Gasteiger partial charge in [-0.2, -0.15) is 0 Å². The molecule has 1 saturated heterocycles. The van der Waals surface area contributed by atoms with Gasteiger partial charge in [0.1, 0.15) is 0 Å². The van der Waals surface area contributed by atoms with E-state index >= 15 is 0 Å². The highest BCUT2D eigenvalue weighted by molar-refractivity contribution is 7.99. The van der Waals surface area contributed by atoms with Gasteiger partial charge in [-0.05, 0) is 49.8 Å². The zero-order valence-corrected chi connectivity index (χ0v) is 19.5. The Morgan fingerprint density at radius 1 is 1.12 bits per heavy atom. The highest BCUT2D eigenvalue weighted by Crippen LogP contribution is 2.28. The monoisotopic (exact) mass is 470 g/mol. The summed E-state index contributed by atoms with van der Waals surface area (Å²) in [5.74, 6) is 0.493. The third kappa shape index (κ3) is 5.68. The number of hydrogen-bond acceptors (Lipinski definition) is 7. The van der Waals surface area contributed by atoms with E-state index in [1.807, 2.05) is 53.3 Å². The fourth-order valence-electron chi connectivity index (χ4n) is 3.49. The first-order valence-electron chi connectivity index (χ1n) is 10.6. The number of amides is 3. The maximum absolute atomic E-state index is 12.3. The molecule has 1 fully saturated rings. The Morgan fingerprint density at radius 2 is 1.91 bits per heavy atom. The molecule has 1 aromatic carbocycles. The second-order valence-electron chi connectivity index (χ2n) is 7.57. The summed E-state index contributed by atoms with van der Waals surface area (Å²) in [6.45, 7) is 4.41. The van der Waals surface area contributed by atoms with E-state index in [2.05, 4.69) is 25.7 Å². The highest BCUT2D eigenvalue weighted by atomic mass is 32.2. The predicted octanol–water partition coefficient (Wildman–Crippen LogP) is 3.40. The summed E-state index contributed by atoms with van der Waals surface area (Å²) in [7, 11) is 0. The molecule has 0 radical (unpaired) electrons. The number of aryl methyl sites for hydroxylation is 1. The average molecular weight is 471 g/mol. The fraction of sp³-hybridized carbons (Fsp3) is 0.364. The Morgan fingerprint density at radius 3 is 2.62 bits per heavy atom. The van der Waals surface area contributed by atoms with Crippen molar-refractivity contribution < 1.29 is 9.59 Å². The van der Waals surface area contributed by atoms with Gasteiger partial charge in [-0.25, -0.2) is 4.79 Å². The molecule has 3 amide bonds. The van der Waals surface area contributed by atoms with Crippen LogP contribution in [-0.4, -0.2) is 52.1 Å². The molecule has 10 heteroatoms. The second kappa shape index (κ2) is 10.6. The van der Waals surface area contributed by atoms with Gasteiger partial charge in [0.2, 0.25) is 11.9 Å². The summed E-state index contributed by atoms with van der Waals surface area (Å²) < 4.78 is 1.99. The maximum Gasteiger partial charge on any atom is 0.321 e. The number of hydrogen-bond donors (Lipinski definition) is 2. The molecule has 0 atom stereocenters. The van der Waals surface area contributed by atoms with Gasteiger partial charge >= 0.3 is 6.03 Å². The van der Waals surface area contributed by atoms with Crippen molar-refractivity contribution in [3.8, 4) is 5.69 Å². The molecule has 0 unspecified atom stereocenters. The van der Waals surface area contributed by atoms with E-state index in [0.29, 0.717) is 11.7 Å². The van der Waals surface area contributed by atoms with Crippen LogP contribution in [0.4, 0.5) is 10.7 Å². The topological polar surface area (TPSA) is 92.2 Å². The first-order chi connectivity index (χ1) is 15.6. The third-order valence-electron chi connectivity index (χ3n) is 5.12. The van der Waals surface area contributed by atoms with Crippen LogP contribution in [0.3, 0.4) is 0 Å².